The topological polar surface area (TPSA) is 32.8 Å². The summed E-state index contributed by atoms with van der Waals surface area (Å²) in [6.07, 6.45) is -3.91. The van der Waals surface area contributed by atoms with Crippen LogP contribution >= 0.6 is 15.9 Å². The summed E-state index contributed by atoms with van der Waals surface area (Å²) >= 11 is 3.24. The molecule has 1 atom stereocenters. The molecule has 0 saturated carbocycles. The van der Waals surface area contributed by atoms with Crippen LogP contribution in [0.1, 0.15) is 38.3 Å². The Morgan fingerprint density at radius 3 is 2.54 bits per heavy atom. The van der Waals surface area contributed by atoms with E-state index in [2.05, 4.69) is 20.8 Å². The first-order chi connectivity index (χ1) is 11.9. The van der Waals surface area contributed by atoms with Gasteiger partial charge in [0.1, 0.15) is 5.60 Å². The van der Waals surface area contributed by atoms with Gasteiger partial charge in [0, 0.05) is 37.2 Å². The van der Waals surface area contributed by atoms with Crippen molar-refractivity contribution in [3.63, 3.8) is 0 Å². The maximum Gasteiger partial charge on any atom is 0.416 e. The molecule has 1 aliphatic rings. The molecule has 0 N–H and O–H groups in total. The molecule has 0 unspecified atom stereocenters. The van der Waals surface area contributed by atoms with Gasteiger partial charge in [-0.05, 0) is 44.9 Å². The van der Waals surface area contributed by atoms with Crippen LogP contribution in [0.4, 0.5) is 18.0 Å². The number of nitrogens with zero attached hydrogens (tertiary/aromatic N) is 2. The van der Waals surface area contributed by atoms with Crippen molar-refractivity contribution < 1.29 is 22.7 Å². The first-order valence-corrected chi connectivity index (χ1v) is 9.20. The Hall–Kier alpha value is -1.28. The van der Waals surface area contributed by atoms with Crippen LogP contribution in [0.3, 0.4) is 0 Å². The first-order valence-electron chi connectivity index (χ1n) is 8.40. The van der Waals surface area contributed by atoms with Crippen LogP contribution in [0.25, 0.3) is 0 Å². The van der Waals surface area contributed by atoms with Crippen LogP contribution in [-0.2, 0) is 17.5 Å². The summed E-state index contributed by atoms with van der Waals surface area (Å²) in [6, 6.07) is 3.73. The van der Waals surface area contributed by atoms with Gasteiger partial charge in [-0.1, -0.05) is 22.0 Å². The van der Waals surface area contributed by atoms with E-state index >= 15 is 0 Å². The molecular weight excluding hydrogens is 413 g/mol. The molecule has 0 aromatic heterocycles. The van der Waals surface area contributed by atoms with Crippen molar-refractivity contribution in [1.82, 2.24) is 9.80 Å². The molecule has 8 heteroatoms. The third-order valence-electron chi connectivity index (χ3n) is 4.25. The van der Waals surface area contributed by atoms with Crippen molar-refractivity contribution in [1.29, 1.82) is 0 Å². The lowest BCUT2D eigenvalue weighted by atomic mass is 10.1. The summed E-state index contributed by atoms with van der Waals surface area (Å²) in [5.74, 6) is 0. The van der Waals surface area contributed by atoms with E-state index in [9.17, 15) is 18.0 Å². The SMILES string of the molecule is CN(C(=O)OC(C)(C)C)[C@H]1CCN(Cc2ccc(C(F)(F)F)cc2Br)C1. The third kappa shape index (κ3) is 5.61. The number of ether oxygens (including phenoxy) is 1. The fourth-order valence-corrected chi connectivity index (χ4v) is 3.35. The van der Waals surface area contributed by atoms with Gasteiger partial charge in [-0.25, -0.2) is 4.79 Å². The van der Waals surface area contributed by atoms with Gasteiger partial charge >= 0.3 is 12.3 Å². The van der Waals surface area contributed by atoms with Crippen LogP contribution < -0.4 is 0 Å². The molecule has 1 heterocycles. The highest BCUT2D eigenvalue weighted by molar-refractivity contribution is 9.10. The van der Waals surface area contributed by atoms with Crippen molar-refractivity contribution in [2.75, 3.05) is 20.1 Å². The zero-order valence-electron chi connectivity index (χ0n) is 15.4. The first kappa shape index (κ1) is 21.0. The summed E-state index contributed by atoms with van der Waals surface area (Å²) in [5.41, 5.74) is -0.426. The second kappa shape index (κ2) is 7.76. The number of likely N-dealkylation sites (N-methyl/N-ethyl adjacent to an activating group) is 1. The number of halogens is 4. The molecule has 1 fully saturated rings. The van der Waals surface area contributed by atoms with E-state index in [1.54, 1.807) is 11.9 Å². The summed E-state index contributed by atoms with van der Waals surface area (Å²) in [4.78, 5) is 15.9. The van der Waals surface area contributed by atoms with E-state index in [0.717, 1.165) is 30.7 Å². The van der Waals surface area contributed by atoms with E-state index in [-0.39, 0.29) is 12.1 Å². The lowest BCUT2D eigenvalue weighted by Gasteiger charge is -2.28. The lowest BCUT2D eigenvalue weighted by molar-refractivity contribution is -0.137. The quantitative estimate of drug-likeness (QED) is 0.674. The molecule has 1 saturated heterocycles. The highest BCUT2D eigenvalue weighted by Crippen LogP contribution is 2.33. The summed E-state index contributed by atoms with van der Waals surface area (Å²) in [7, 11) is 1.72. The molecule has 0 spiro atoms. The molecule has 1 amide bonds. The van der Waals surface area contributed by atoms with Crippen molar-refractivity contribution in [3.05, 3.63) is 33.8 Å². The van der Waals surface area contributed by atoms with Gasteiger partial charge in [0.15, 0.2) is 0 Å². The summed E-state index contributed by atoms with van der Waals surface area (Å²) in [6.45, 7) is 7.41. The van der Waals surface area contributed by atoms with Crippen LogP contribution in [0.2, 0.25) is 0 Å². The maximum absolute atomic E-state index is 12.8. The fraction of sp³-hybridized carbons (Fsp3) is 0.611. The minimum absolute atomic E-state index is 0.0260. The highest BCUT2D eigenvalue weighted by atomic mass is 79.9. The van der Waals surface area contributed by atoms with Gasteiger partial charge in [0.2, 0.25) is 0 Å². The average molecular weight is 437 g/mol. The van der Waals surface area contributed by atoms with Crippen LogP contribution in [0, 0.1) is 0 Å². The molecule has 0 aliphatic carbocycles. The Labute approximate surface area is 160 Å². The zero-order chi connectivity index (χ0) is 19.7. The number of hydrogen-bond acceptors (Lipinski definition) is 3. The lowest BCUT2D eigenvalue weighted by Crippen LogP contribution is -2.42. The molecule has 0 radical (unpaired) electrons. The second-order valence-corrected chi connectivity index (χ2v) is 8.43. The molecular formula is C18H24BrF3N2O2. The Bertz CT molecular complexity index is 659. The number of carbonyl (C=O) groups excluding carboxylic acids is 1. The molecule has 146 valence electrons. The van der Waals surface area contributed by atoms with Crippen molar-refractivity contribution in [2.24, 2.45) is 0 Å². The standard InChI is InChI=1S/C18H24BrF3N2O2/c1-17(2,3)26-16(25)23(4)14-7-8-24(11-14)10-12-5-6-13(9-15(12)19)18(20,21)22/h5-6,9,14H,7-8,10-11H2,1-4H3/t14-/m0/s1. The number of alkyl halides is 3. The van der Waals surface area contributed by atoms with Crippen LogP contribution in [0.5, 0.6) is 0 Å². The number of likely N-dealkylation sites (tertiary alicyclic amines) is 1. The maximum atomic E-state index is 12.8. The van der Waals surface area contributed by atoms with Crippen molar-refractivity contribution >= 4 is 22.0 Å². The van der Waals surface area contributed by atoms with E-state index in [0.29, 0.717) is 17.6 Å². The Kier molecular flexibility index (Phi) is 6.28. The number of hydrogen-bond donors (Lipinski definition) is 0. The Morgan fingerprint density at radius 2 is 2.00 bits per heavy atom. The zero-order valence-corrected chi connectivity index (χ0v) is 16.9. The molecule has 2 rings (SSSR count). The summed E-state index contributed by atoms with van der Waals surface area (Å²) in [5, 5.41) is 0. The Balaban J connectivity index is 1.96. The van der Waals surface area contributed by atoms with E-state index in [1.807, 2.05) is 20.8 Å². The molecule has 4 nitrogen and oxygen atoms in total. The Morgan fingerprint density at radius 1 is 1.35 bits per heavy atom. The van der Waals surface area contributed by atoms with E-state index in [4.69, 9.17) is 4.74 Å². The number of rotatable bonds is 3. The van der Waals surface area contributed by atoms with Gasteiger partial charge in [-0.3, -0.25) is 4.90 Å². The van der Waals surface area contributed by atoms with Gasteiger partial charge in [0.25, 0.3) is 0 Å². The second-order valence-electron chi connectivity index (χ2n) is 7.57. The minimum atomic E-state index is -4.35. The number of benzene rings is 1. The molecule has 1 aromatic rings. The molecule has 1 aliphatic heterocycles. The smallest absolute Gasteiger partial charge is 0.416 e. The van der Waals surface area contributed by atoms with Crippen molar-refractivity contribution in [2.45, 2.75) is 51.6 Å². The van der Waals surface area contributed by atoms with Crippen LogP contribution in [0.15, 0.2) is 22.7 Å². The monoisotopic (exact) mass is 436 g/mol. The summed E-state index contributed by atoms with van der Waals surface area (Å²) < 4.78 is 44.1. The predicted octanol–water partition coefficient (Wildman–Crippen LogP) is 4.91. The van der Waals surface area contributed by atoms with E-state index < -0.39 is 17.3 Å². The van der Waals surface area contributed by atoms with Crippen molar-refractivity contribution in [3.8, 4) is 0 Å². The van der Waals surface area contributed by atoms with Gasteiger partial charge in [-0.15, -0.1) is 0 Å². The number of carbonyl (C=O) groups is 1. The largest absolute Gasteiger partial charge is 0.444 e. The number of amides is 1. The minimum Gasteiger partial charge on any atom is -0.444 e. The molecule has 1 aromatic carbocycles. The third-order valence-corrected chi connectivity index (χ3v) is 4.99. The highest BCUT2D eigenvalue weighted by Gasteiger charge is 2.33. The molecule has 26 heavy (non-hydrogen) atoms. The average Bonchev–Trinajstić information content (AvgIpc) is 2.94. The molecule has 0 bridgehead atoms. The fourth-order valence-electron chi connectivity index (χ4n) is 2.85. The van der Waals surface area contributed by atoms with Gasteiger partial charge < -0.3 is 9.64 Å². The van der Waals surface area contributed by atoms with Gasteiger partial charge in [0.05, 0.1) is 5.56 Å². The predicted molar refractivity (Wildman–Crippen MR) is 96.8 cm³/mol. The van der Waals surface area contributed by atoms with Gasteiger partial charge in [-0.2, -0.15) is 13.2 Å². The van der Waals surface area contributed by atoms with E-state index in [1.165, 1.54) is 6.07 Å². The van der Waals surface area contributed by atoms with Crippen LogP contribution in [-0.4, -0.2) is 47.7 Å². The normalized spacial score (nSPS) is 18.8.